The minimum absolute atomic E-state index is 0.0891. The standard InChI is InChI=1S/C20H20N4O/c1-21-24-18(11-10-14-6-5-7-14)22-13-16-12-17(20(25)23-19(16)24)15-8-3-2-4-9-15/h1-4,8,11-15H,5-7,9-10H2/p+1. The van der Waals surface area contributed by atoms with E-state index < -0.39 is 0 Å². The molecule has 25 heavy (non-hydrogen) atoms. The SMILES string of the molecule is C#[N+]N1C(=CCC2CCC2)N=Cc2cc(C3C=CC=CC3)c(=O)[nH]c21. The fraction of sp³-hybridized carbons (Fsp3) is 0.350. The number of aromatic amines is 1. The maximum absolute atomic E-state index is 12.6. The number of hydrogen-bond acceptors (Lipinski definition) is 3. The van der Waals surface area contributed by atoms with E-state index in [1.54, 1.807) is 6.21 Å². The molecule has 2 aliphatic carbocycles. The minimum Gasteiger partial charge on any atom is -0.302 e. The number of nitrogens with one attached hydrogen (secondary N) is 1. The van der Waals surface area contributed by atoms with Crippen LogP contribution in [0.5, 0.6) is 0 Å². The van der Waals surface area contributed by atoms with Crippen molar-refractivity contribution in [3.8, 4) is 6.57 Å². The Hall–Kier alpha value is -2.87. The van der Waals surface area contributed by atoms with E-state index in [0.29, 0.717) is 11.6 Å². The summed E-state index contributed by atoms with van der Waals surface area (Å²) in [5.41, 5.74) is 1.46. The molecule has 2 heterocycles. The van der Waals surface area contributed by atoms with E-state index in [2.05, 4.69) is 27.1 Å². The van der Waals surface area contributed by atoms with Crippen LogP contribution in [-0.4, -0.2) is 11.2 Å². The molecule has 1 aromatic heterocycles. The fourth-order valence-electron chi connectivity index (χ4n) is 3.48. The smallest absolute Gasteiger partial charge is 0.302 e. The lowest BCUT2D eigenvalue weighted by atomic mass is 9.83. The lowest BCUT2D eigenvalue weighted by Crippen LogP contribution is -2.26. The summed E-state index contributed by atoms with van der Waals surface area (Å²) in [5.74, 6) is 2.08. The molecule has 0 amide bonds. The van der Waals surface area contributed by atoms with Gasteiger partial charge in [-0.2, -0.15) is 0 Å². The Morgan fingerprint density at radius 1 is 1.40 bits per heavy atom. The third-order valence-electron chi connectivity index (χ3n) is 5.20. The first kappa shape index (κ1) is 15.6. The molecular formula is C20H21N4O+. The number of H-pyrrole nitrogens is 1. The summed E-state index contributed by atoms with van der Waals surface area (Å²) in [6, 6.07) is 1.90. The van der Waals surface area contributed by atoms with Crippen LogP contribution in [0.25, 0.3) is 4.95 Å². The van der Waals surface area contributed by atoms with Crippen molar-refractivity contribution in [2.24, 2.45) is 10.9 Å². The molecular weight excluding hydrogens is 312 g/mol. The highest BCUT2D eigenvalue weighted by Gasteiger charge is 2.29. The number of hydrogen-bond donors (Lipinski definition) is 1. The van der Waals surface area contributed by atoms with Gasteiger partial charge in [-0.05, 0) is 30.9 Å². The molecule has 0 saturated heterocycles. The third kappa shape index (κ3) is 2.96. The largest absolute Gasteiger partial charge is 0.305 e. The van der Waals surface area contributed by atoms with Crippen molar-refractivity contribution in [1.29, 1.82) is 0 Å². The average molecular weight is 333 g/mol. The molecule has 4 rings (SSSR count). The Bertz CT molecular complexity index is 893. The summed E-state index contributed by atoms with van der Waals surface area (Å²) >= 11 is 0. The molecule has 126 valence electrons. The molecule has 1 N–H and O–H groups in total. The Labute approximate surface area is 146 Å². The van der Waals surface area contributed by atoms with Gasteiger partial charge in [0.05, 0.1) is 4.95 Å². The van der Waals surface area contributed by atoms with Gasteiger partial charge < -0.3 is 4.98 Å². The Kier molecular flexibility index (Phi) is 4.10. The van der Waals surface area contributed by atoms with Crippen LogP contribution in [0.15, 0.2) is 52.1 Å². The quantitative estimate of drug-likeness (QED) is 0.904. The molecule has 3 aliphatic rings. The van der Waals surface area contributed by atoms with Crippen LogP contribution < -0.4 is 10.6 Å². The first-order valence-electron chi connectivity index (χ1n) is 8.82. The molecule has 0 radical (unpaired) electrons. The second kappa shape index (κ2) is 6.56. The van der Waals surface area contributed by atoms with Crippen molar-refractivity contribution < 1.29 is 0 Å². The van der Waals surface area contributed by atoms with Gasteiger partial charge in [-0.25, -0.2) is 4.99 Å². The van der Waals surface area contributed by atoms with Crippen LogP contribution in [0.3, 0.4) is 0 Å². The van der Waals surface area contributed by atoms with E-state index in [1.807, 2.05) is 24.3 Å². The number of anilines is 1. The van der Waals surface area contributed by atoms with Crippen LogP contribution in [-0.2, 0) is 0 Å². The zero-order valence-corrected chi connectivity index (χ0v) is 14.1. The first-order valence-corrected chi connectivity index (χ1v) is 8.82. The average Bonchev–Trinajstić information content (AvgIpc) is 2.60. The van der Waals surface area contributed by atoms with E-state index in [-0.39, 0.29) is 11.5 Å². The molecule has 0 bridgehead atoms. The molecule has 1 aliphatic heterocycles. The van der Waals surface area contributed by atoms with Gasteiger partial charge in [0.15, 0.2) is 0 Å². The lowest BCUT2D eigenvalue weighted by molar-refractivity contribution is 0.319. The maximum atomic E-state index is 12.6. The number of aliphatic imine (C=N–C) groups is 1. The second-order valence-electron chi connectivity index (χ2n) is 6.79. The van der Waals surface area contributed by atoms with Crippen LogP contribution in [0.1, 0.15) is 49.1 Å². The summed E-state index contributed by atoms with van der Waals surface area (Å²) in [4.78, 5) is 23.9. The molecule has 5 heteroatoms. The topological polar surface area (TPSA) is 52.8 Å². The van der Waals surface area contributed by atoms with Crippen LogP contribution in [0, 0.1) is 12.5 Å². The van der Waals surface area contributed by atoms with Crippen molar-refractivity contribution in [2.45, 2.75) is 38.0 Å². The van der Waals surface area contributed by atoms with Gasteiger partial charge in [0.2, 0.25) is 11.6 Å². The fourth-order valence-corrected chi connectivity index (χ4v) is 3.48. The van der Waals surface area contributed by atoms with Crippen molar-refractivity contribution in [1.82, 2.24) is 4.98 Å². The van der Waals surface area contributed by atoms with Gasteiger partial charge in [-0.15, -0.1) is 0 Å². The van der Waals surface area contributed by atoms with E-state index >= 15 is 0 Å². The predicted molar refractivity (Wildman–Crippen MR) is 101 cm³/mol. The Morgan fingerprint density at radius 2 is 2.28 bits per heavy atom. The predicted octanol–water partition coefficient (Wildman–Crippen LogP) is 4.12. The molecule has 1 saturated carbocycles. The first-order chi connectivity index (χ1) is 12.3. The number of nitrogens with zero attached hydrogens (tertiary/aromatic N) is 3. The van der Waals surface area contributed by atoms with Gasteiger partial charge in [-0.3, -0.25) is 4.79 Å². The van der Waals surface area contributed by atoms with E-state index in [1.165, 1.54) is 24.3 Å². The number of rotatable bonds is 3. The second-order valence-corrected chi connectivity index (χ2v) is 6.79. The van der Waals surface area contributed by atoms with Crippen molar-refractivity contribution in [3.63, 3.8) is 0 Å². The molecule has 1 fully saturated rings. The van der Waals surface area contributed by atoms with Crippen LogP contribution >= 0.6 is 0 Å². The molecule has 0 spiro atoms. The highest BCUT2D eigenvalue weighted by molar-refractivity contribution is 5.91. The van der Waals surface area contributed by atoms with Gasteiger partial charge in [0.25, 0.3) is 5.56 Å². The Balaban J connectivity index is 1.67. The molecule has 1 atom stereocenters. The highest BCUT2D eigenvalue weighted by Crippen LogP contribution is 2.33. The lowest BCUT2D eigenvalue weighted by Gasteiger charge is -2.24. The third-order valence-corrected chi connectivity index (χ3v) is 5.20. The molecule has 0 aromatic carbocycles. The van der Waals surface area contributed by atoms with Gasteiger partial charge in [-0.1, -0.05) is 43.6 Å². The number of allylic oxidation sites excluding steroid dienone is 5. The Morgan fingerprint density at radius 3 is 2.96 bits per heavy atom. The molecule has 5 nitrogen and oxygen atoms in total. The molecule has 1 unspecified atom stereocenters. The summed E-state index contributed by atoms with van der Waals surface area (Å²) in [6.45, 7) is 5.59. The van der Waals surface area contributed by atoms with Gasteiger partial charge in [0, 0.05) is 28.3 Å². The van der Waals surface area contributed by atoms with E-state index in [0.717, 1.165) is 29.9 Å². The van der Waals surface area contributed by atoms with Crippen molar-refractivity contribution in [3.05, 3.63) is 68.7 Å². The maximum Gasteiger partial charge on any atom is 0.305 e. The minimum atomic E-state index is -0.106. The monoisotopic (exact) mass is 333 g/mol. The summed E-state index contributed by atoms with van der Waals surface area (Å²) in [7, 11) is 0. The van der Waals surface area contributed by atoms with E-state index in [4.69, 9.17) is 6.57 Å². The summed E-state index contributed by atoms with van der Waals surface area (Å²) in [6.07, 6.45) is 17.6. The molecule has 1 aromatic rings. The number of fused-ring (bicyclic) bond motifs is 1. The number of pyridine rings is 1. The van der Waals surface area contributed by atoms with Crippen molar-refractivity contribution in [2.75, 3.05) is 5.01 Å². The zero-order valence-electron chi connectivity index (χ0n) is 14.1. The van der Waals surface area contributed by atoms with E-state index in [9.17, 15) is 4.79 Å². The highest BCUT2D eigenvalue weighted by atomic mass is 16.1. The number of aromatic nitrogens is 1. The van der Waals surface area contributed by atoms with Crippen LogP contribution in [0.4, 0.5) is 5.82 Å². The normalized spacial score (nSPS) is 23.4. The van der Waals surface area contributed by atoms with Gasteiger partial charge >= 0.3 is 6.57 Å². The summed E-state index contributed by atoms with van der Waals surface area (Å²) < 4.78 is 0. The van der Waals surface area contributed by atoms with Gasteiger partial charge in [0.1, 0.15) is 0 Å². The summed E-state index contributed by atoms with van der Waals surface area (Å²) in [5, 5.41) is 1.52. The zero-order chi connectivity index (χ0) is 17.2. The van der Waals surface area contributed by atoms with Crippen molar-refractivity contribution >= 4 is 12.0 Å². The van der Waals surface area contributed by atoms with Crippen LogP contribution in [0.2, 0.25) is 0 Å².